The van der Waals surface area contributed by atoms with Crippen molar-refractivity contribution in [2.24, 2.45) is 29.6 Å². The Hall–Kier alpha value is -0.260. The number of hydrogen-bond donors (Lipinski definition) is 0. The van der Waals surface area contributed by atoms with Crippen LogP contribution in [0.5, 0.6) is 0 Å². The number of fused-ring (bicyclic) bond motifs is 3. The molecule has 0 spiro atoms. The molecule has 0 aromatic heterocycles. The van der Waals surface area contributed by atoms with Crippen molar-refractivity contribution in [3.8, 4) is 0 Å². The molecule has 5 unspecified atom stereocenters. The SMILES string of the molecule is CCC1=CC2CCC3CCC3C2C(C)C1. The normalized spacial score (nSPS) is 48.7. The summed E-state index contributed by atoms with van der Waals surface area (Å²) in [5.41, 5.74) is 1.75. The van der Waals surface area contributed by atoms with Crippen molar-refractivity contribution in [3.63, 3.8) is 0 Å². The number of rotatable bonds is 1. The van der Waals surface area contributed by atoms with E-state index in [-0.39, 0.29) is 0 Å². The molecule has 2 saturated carbocycles. The van der Waals surface area contributed by atoms with Crippen LogP contribution in [0.3, 0.4) is 0 Å². The van der Waals surface area contributed by atoms with Gasteiger partial charge in [0.2, 0.25) is 0 Å². The molecule has 15 heavy (non-hydrogen) atoms. The molecule has 0 aromatic rings. The largest absolute Gasteiger partial charge is 0.0819 e. The lowest BCUT2D eigenvalue weighted by atomic mass is 9.52. The van der Waals surface area contributed by atoms with Crippen LogP contribution in [0.15, 0.2) is 11.6 Å². The zero-order valence-electron chi connectivity index (χ0n) is 10.2. The first-order valence-corrected chi connectivity index (χ1v) is 6.99. The first kappa shape index (κ1) is 9.93. The molecule has 5 atom stereocenters. The molecule has 0 heterocycles. The minimum atomic E-state index is 0.963. The molecule has 2 fully saturated rings. The molecular weight excluding hydrogens is 180 g/mol. The summed E-state index contributed by atoms with van der Waals surface area (Å²) in [5, 5.41) is 0. The smallest absolute Gasteiger partial charge is 0.0197 e. The second-order valence-corrected chi connectivity index (χ2v) is 6.18. The second kappa shape index (κ2) is 3.64. The van der Waals surface area contributed by atoms with Crippen molar-refractivity contribution in [2.75, 3.05) is 0 Å². The van der Waals surface area contributed by atoms with Crippen molar-refractivity contribution in [3.05, 3.63) is 11.6 Å². The van der Waals surface area contributed by atoms with Gasteiger partial charge in [-0.05, 0) is 68.1 Å². The highest BCUT2D eigenvalue weighted by atomic mass is 14.5. The Balaban J connectivity index is 1.83. The monoisotopic (exact) mass is 204 g/mol. The molecule has 3 aliphatic rings. The maximum absolute atomic E-state index is 2.67. The lowest BCUT2D eigenvalue weighted by Crippen LogP contribution is -2.44. The van der Waals surface area contributed by atoms with Crippen LogP contribution in [0.25, 0.3) is 0 Å². The Labute approximate surface area is 94.1 Å². The van der Waals surface area contributed by atoms with Gasteiger partial charge < -0.3 is 0 Å². The Morgan fingerprint density at radius 1 is 1.20 bits per heavy atom. The molecule has 3 aliphatic carbocycles. The predicted molar refractivity (Wildman–Crippen MR) is 64.6 cm³/mol. The van der Waals surface area contributed by atoms with Crippen molar-refractivity contribution in [1.82, 2.24) is 0 Å². The quantitative estimate of drug-likeness (QED) is 0.555. The van der Waals surface area contributed by atoms with Gasteiger partial charge in [0.1, 0.15) is 0 Å². The van der Waals surface area contributed by atoms with Gasteiger partial charge in [-0.15, -0.1) is 0 Å². The summed E-state index contributed by atoms with van der Waals surface area (Å²) in [7, 11) is 0. The average molecular weight is 204 g/mol. The number of allylic oxidation sites excluding steroid dienone is 2. The fourth-order valence-electron chi connectivity index (χ4n) is 4.60. The second-order valence-electron chi connectivity index (χ2n) is 6.18. The van der Waals surface area contributed by atoms with E-state index in [0.29, 0.717) is 0 Å². The van der Waals surface area contributed by atoms with E-state index in [2.05, 4.69) is 19.9 Å². The molecule has 0 N–H and O–H groups in total. The molecule has 84 valence electrons. The van der Waals surface area contributed by atoms with Gasteiger partial charge in [-0.25, -0.2) is 0 Å². The van der Waals surface area contributed by atoms with Crippen molar-refractivity contribution >= 4 is 0 Å². The minimum absolute atomic E-state index is 0.963. The van der Waals surface area contributed by atoms with Crippen LogP contribution in [0.2, 0.25) is 0 Å². The zero-order chi connectivity index (χ0) is 10.4. The lowest BCUT2D eigenvalue weighted by molar-refractivity contribution is -0.00811. The third-order valence-electron chi connectivity index (χ3n) is 5.48. The van der Waals surface area contributed by atoms with E-state index >= 15 is 0 Å². The van der Waals surface area contributed by atoms with Crippen LogP contribution in [-0.2, 0) is 0 Å². The molecule has 3 rings (SSSR count). The molecule has 0 nitrogen and oxygen atoms in total. The van der Waals surface area contributed by atoms with Crippen molar-refractivity contribution in [2.45, 2.75) is 52.4 Å². The molecular formula is C15H24. The Morgan fingerprint density at radius 3 is 2.67 bits per heavy atom. The topological polar surface area (TPSA) is 0 Å². The lowest BCUT2D eigenvalue weighted by Gasteiger charge is -2.53. The van der Waals surface area contributed by atoms with E-state index in [4.69, 9.17) is 0 Å². The first-order chi connectivity index (χ1) is 7.29. The van der Waals surface area contributed by atoms with E-state index in [9.17, 15) is 0 Å². The fraction of sp³-hybridized carbons (Fsp3) is 0.867. The van der Waals surface area contributed by atoms with Gasteiger partial charge in [0.15, 0.2) is 0 Å². The van der Waals surface area contributed by atoms with Gasteiger partial charge in [0.25, 0.3) is 0 Å². The predicted octanol–water partition coefficient (Wildman–Crippen LogP) is 4.42. The van der Waals surface area contributed by atoms with Gasteiger partial charge in [0, 0.05) is 0 Å². The molecule has 0 heteroatoms. The Morgan fingerprint density at radius 2 is 2.00 bits per heavy atom. The van der Waals surface area contributed by atoms with Gasteiger partial charge in [0.05, 0.1) is 0 Å². The molecule has 0 aliphatic heterocycles. The molecule has 0 saturated heterocycles. The maximum atomic E-state index is 2.67. The van der Waals surface area contributed by atoms with Crippen molar-refractivity contribution < 1.29 is 0 Å². The van der Waals surface area contributed by atoms with Gasteiger partial charge >= 0.3 is 0 Å². The van der Waals surface area contributed by atoms with E-state index < -0.39 is 0 Å². The van der Waals surface area contributed by atoms with E-state index in [1.54, 1.807) is 18.4 Å². The molecule has 0 radical (unpaired) electrons. The van der Waals surface area contributed by atoms with Gasteiger partial charge in [-0.3, -0.25) is 0 Å². The van der Waals surface area contributed by atoms with Gasteiger partial charge in [-0.1, -0.05) is 25.5 Å². The Bertz CT molecular complexity index is 276. The molecule has 0 bridgehead atoms. The van der Waals surface area contributed by atoms with Crippen LogP contribution >= 0.6 is 0 Å². The summed E-state index contributed by atoms with van der Waals surface area (Å²) in [6, 6.07) is 0. The highest BCUT2D eigenvalue weighted by Crippen LogP contribution is 2.55. The van der Waals surface area contributed by atoms with E-state index in [0.717, 1.165) is 29.6 Å². The standard InChI is InChI=1S/C15H24/c1-3-11-8-10(2)15-13(9-11)5-4-12-6-7-14(12)15/h9-10,12-15H,3-8H2,1-2H3. The molecule has 0 amide bonds. The Kier molecular flexibility index (Phi) is 2.41. The summed E-state index contributed by atoms with van der Waals surface area (Å²) >= 11 is 0. The third-order valence-corrected chi connectivity index (χ3v) is 5.48. The fourth-order valence-corrected chi connectivity index (χ4v) is 4.60. The first-order valence-electron chi connectivity index (χ1n) is 6.99. The van der Waals surface area contributed by atoms with Crippen LogP contribution in [-0.4, -0.2) is 0 Å². The molecule has 0 aromatic carbocycles. The van der Waals surface area contributed by atoms with Crippen LogP contribution in [0, 0.1) is 29.6 Å². The van der Waals surface area contributed by atoms with E-state index in [1.165, 1.54) is 25.7 Å². The summed E-state index contributed by atoms with van der Waals surface area (Å²) < 4.78 is 0. The van der Waals surface area contributed by atoms with E-state index in [1.807, 2.05) is 0 Å². The van der Waals surface area contributed by atoms with Gasteiger partial charge in [-0.2, -0.15) is 0 Å². The highest BCUT2D eigenvalue weighted by molar-refractivity contribution is 5.14. The minimum Gasteiger partial charge on any atom is -0.0819 e. The summed E-state index contributed by atoms with van der Waals surface area (Å²) in [4.78, 5) is 0. The summed E-state index contributed by atoms with van der Waals surface area (Å²) in [6.07, 6.45) is 11.5. The number of hydrogen-bond acceptors (Lipinski definition) is 0. The van der Waals surface area contributed by atoms with Crippen LogP contribution in [0.4, 0.5) is 0 Å². The average Bonchev–Trinajstić information content (AvgIpc) is 2.19. The zero-order valence-corrected chi connectivity index (χ0v) is 10.2. The van der Waals surface area contributed by atoms with Crippen molar-refractivity contribution in [1.29, 1.82) is 0 Å². The summed E-state index contributed by atoms with van der Waals surface area (Å²) in [5.74, 6) is 5.25. The highest BCUT2D eigenvalue weighted by Gasteiger charge is 2.46. The summed E-state index contributed by atoms with van der Waals surface area (Å²) in [6.45, 7) is 4.84. The third kappa shape index (κ3) is 1.48. The maximum Gasteiger partial charge on any atom is -0.0197 e. The van der Waals surface area contributed by atoms with Crippen LogP contribution in [0.1, 0.15) is 52.4 Å². The van der Waals surface area contributed by atoms with Crippen LogP contribution < -0.4 is 0 Å².